The lowest BCUT2D eigenvalue weighted by Crippen LogP contribution is -1.79. The van der Waals surface area contributed by atoms with Crippen molar-refractivity contribution >= 4 is 55.1 Å². The van der Waals surface area contributed by atoms with Gasteiger partial charge in [-0.05, 0) is 28.3 Å². The van der Waals surface area contributed by atoms with Crippen LogP contribution in [0.15, 0.2) is 71.1 Å². The molecule has 0 atom stereocenters. The molecule has 4 aromatic carbocycles. The summed E-state index contributed by atoms with van der Waals surface area (Å²) in [5.41, 5.74) is 1.64. The van der Waals surface area contributed by atoms with E-state index in [2.05, 4.69) is 48.5 Å². The summed E-state index contributed by atoms with van der Waals surface area (Å²) < 4.78 is 6.01. The predicted octanol–water partition coefficient (Wildman–Crippen LogP) is 6.55. The van der Waals surface area contributed by atoms with Crippen molar-refractivity contribution in [1.29, 1.82) is 0 Å². The maximum atomic E-state index is 6.30. The Morgan fingerprint density at radius 1 is 0.636 bits per heavy atom. The second-order valence-electron chi connectivity index (χ2n) is 5.54. The summed E-state index contributed by atoms with van der Waals surface area (Å²) in [5.74, 6) is 0. The van der Waals surface area contributed by atoms with Gasteiger partial charge >= 0.3 is 0 Å². The Morgan fingerprint density at radius 3 is 2.36 bits per heavy atom. The molecule has 0 saturated heterocycles. The smallest absolute Gasteiger partial charge is 0.154 e. The van der Waals surface area contributed by atoms with Crippen LogP contribution in [-0.2, 0) is 0 Å². The minimum atomic E-state index is 0.655. The molecule has 0 saturated carbocycles. The number of para-hydroxylation sites is 1. The third-order valence-corrected chi connectivity index (χ3v) is 4.62. The molecule has 2 heteroatoms. The van der Waals surface area contributed by atoms with Crippen LogP contribution in [0.2, 0.25) is 5.02 Å². The largest absolute Gasteiger partial charge is 0.454 e. The van der Waals surface area contributed by atoms with Gasteiger partial charge in [-0.2, -0.15) is 0 Å². The van der Waals surface area contributed by atoms with E-state index in [4.69, 9.17) is 16.0 Å². The van der Waals surface area contributed by atoms with Crippen molar-refractivity contribution in [2.75, 3.05) is 0 Å². The van der Waals surface area contributed by atoms with Gasteiger partial charge in [0.1, 0.15) is 5.58 Å². The molecule has 0 aliphatic rings. The number of furan rings is 1. The number of benzene rings is 4. The molecule has 0 amide bonds. The third kappa shape index (κ3) is 1.49. The highest BCUT2D eigenvalue weighted by atomic mass is 35.5. The molecule has 1 heterocycles. The zero-order valence-electron chi connectivity index (χ0n) is 11.6. The van der Waals surface area contributed by atoms with Gasteiger partial charge in [-0.1, -0.05) is 66.2 Å². The predicted molar refractivity (Wildman–Crippen MR) is 93.7 cm³/mol. The fourth-order valence-corrected chi connectivity index (χ4v) is 3.56. The molecular weight excluding hydrogens is 292 g/mol. The normalized spacial score (nSPS) is 11.9. The Balaban J connectivity index is 2.17. The molecule has 0 aliphatic heterocycles. The quantitative estimate of drug-likeness (QED) is 0.296. The lowest BCUT2D eigenvalue weighted by atomic mass is 9.98. The van der Waals surface area contributed by atoms with Gasteiger partial charge in [-0.25, -0.2) is 0 Å². The standard InChI is InChI=1S/C20H11ClO/c21-16-7-3-6-15-19-17(22-20(15)16)11-10-13-9-8-12-4-1-2-5-14(12)18(13)19/h1-11H. The van der Waals surface area contributed by atoms with Crippen molar-refractivity contribution in [3.63, 3.8) is 0 Å². The van der Waals surface area contributed by atoms with Crippen molar-refractivity contribution in [3.05, 3.63) is 71.8 Å². The van der Waals surface area contributed by atoms with Crippen LogP contribution in [-0.4, -0.2) is 0 Å². The van der Waals surface area contributed by atoms with Gasteiger partial charge in [-0.3, -0.25) is 0 Å². The van der Waals surface area contributed by atoms with Gasteiger partial charge in [0, 0.05) is 16.2 Å². The molecule has 1 nitrogen and oxygen atoms in total. The maximum Gasteiger partial charge on any atom is 0.154 e. The average molecular weight is 303 g/mol. The van der Waals surface area contributed by atoms with Crippen LogP contribution in [0.3, 0.4) is 0 Å². The Labute approximate surface area is 131 Å². The summed E-state index contributed by atoms with van der Waals surface area (Å²) in [4.78, 5) is 0. The number of rotatable bonds is 0. The lowest BCUT2D eigenvalue weighted by molar-refractivity contribution is 0.669. The van der Waals surface area contributed by atoms with Gasteiger partial charge in [0.2, 0.25) is 0 Å². The van der Waals surface area contributed by atoms with Crippen LogP contribution in [0.25, 0.3) is 43.5 Å². The zero-order chi connectivity index (χ0) is 14.7. The number of hydrogen-bond donors (Lipinski definition) is 0. The lowest BCUT2D eigenvalue weighted by Gasteiger charge is -2.05. The van der Waals surface area contributed by atoms with E-state index in [9.17, 15) is 0 Å². The van der Waals surface area contributed by atoms with E-state index in [1.54, 1.807) is 0 Å². The summed E-state index contributed by atoms with van der Waals surface area (Å²) in [7, 11) is 0. The van der Waals surface area contributed by atoms with Crippen LogP contribution in [0, 0.1) is 0 Å². The first-order valence-corrected chi connectivity index (χ1v) is 7.62. The first kappa shape index (κ1) is 12.1. The van der Waals surface area contributed by atoms with E-state index in [0.29, 0.717) is 5.02 Å². The van der Waals surface area contributed by atoms with E-state index in [1.807, 2.05) is 18.2 Å². The van der Waals surface area contributed by atoms with E-state index in [0.717, 1.165) is 21.9 Å². The average Bonchev–Trinajstić information content (AvgIpc) is 2.95. The fourth-order valence-electron chi connectivity index (χ4n) is 3.35. The molecular formula is C20H11ClO. The van der Waals surface area contributed by atoms with Gasteiger partial charge in [0.25, 0.3) is 0 Å². The summed E-state index contributed by atoms with van der Waals surface area (Å²) in [5, 5.41) is 7.80. The van der Waals surface area contributed by atoms with Crippen molar-refractivity contribution in [2.24, 2.45) is 0 Å². The summed E-state index contributed by atoms with van der Waals surface area (Å²) in [6, 6.07) is 22.9. The molecule has 0 fully saturated rings. The van der Waals surface area contributed by atoms with Crippen LogP contribution >= 0.6 is 11.6 Å². The monoisotopic (exact) mass is 302 g/mol. The molecule has 0 radical (unpaired) electrons. The van der Waals surface area contributed by atoms with Crippen molar-refractivity contribution in [1.82, 2.24) is 0 Å². The highest BCUT2D eigenvalue weighted by Crippen LogP contribution is 2.39. The highest BCUT2D eigenvalue weighted by molar-refractivity contribution is 6.37. The zero-order valence-corrected chi connectivity index (χ0v) is 12.4. The summed E-state index contributed by atoms with van der Waals surface area (Å²) >= 11 is 6.30. The van der Waals surface area contributed by atoms with E-state index in [-0.39, 0.29) is 0 Å². The Morgan fingerprint density at radius 2 is 1.41 bits per heavy atom. The molecule has 1 aromatic heterocycles. The van der Waals surface area contributed by atoms with Crippen LogP contribution < -0.4 is 0 Å². The Bertz CT molecular complexity index is 1180. The maximum absolute atomic E-state index is 6.30. The third-order valence-electron chi connectivity index (χ3n) is 4.32. The second kappa shape index (κ2) is 4.25. The molecule has 0 aliphatic carbocycles. The first-order chi connectivity index (χ1) is 10.8. The Kier molecular flexibility index (Phi) is 2.33. The minimum absolute atomic E-state index is 0.655. The van der Waals surface area contributed by atoms with Crippen molar-refractivity contribution in [3.8, 4) is 0 Å². The number of fused-ring (bicyclic) bond motifs is 7. The summed E-state index contributed by atoms with van der Waals surface area (Å²) in [6.07, 6.45) is 0. The molecule has 5 aromatic rings. The van der Waals surface area contributed by atoms with Crippen LogP contribution in [0.5, 0.6) is 0 Å². The molecule has 0 bridgehead atoms. The molecule has 0 spiro atoms. The minimum Gasteiger partial charge on any atom is -0.454 e. The first-order valence-electron chi connectivity index (χ1n) is 7.24. The van der Waals surface area contributed by atoms with E-state index >= 15 is 0 Å². The summed E-state index contributed by atoms with van der Waals surface area (Å²) in [6.45, 7) is 0. The van der Waals surface area contributed by atoms with Gasteiger partial charge in [0.15, 0.2) is 5.58 Å². The van der Waals surface area contributed by atoms with Gasteiger partial charge in [-0.15, -0.1) is 0 Å². The van der Waals surface area contributed by atoms with E-state index < -0.39 is 0 Å². The SMILES string of the molecule is Clc1cccc2c1oc1ccc3ccc4ccccc4c3c12. The molecule has 22 heavy (non-hydrogen) atoms. The molecule has 0 unspecified atom stereocenters. The number of hydrogen-bond acceptors (Lipinski definition) is 1. The Hall–Kier alpha value is -2.51. The van der Waals surface area contributed by atoms with Crippen molar-refractivity contribution in [2.45, 2.75) is 0 Å². The van der Waals surface area contributed by atoms with Crippen molar-refractivity contribution < 1.29 is 4.42 Å². The number of halogens is 1. The molecule has 104 valence electrons. The molecule has 0 N–H and O–H groups in total. The van der Waals surface area contributed by atoms with Crippen LogP contribution in [0.1, 0.15) is 0 Å². The topological polar surface area (TPSA) is 13.1 Å². The molecule has 5 rings (SSSR count). The van der Waals surface area contributed by atoms with Crippen LogP contribution in [0.4, 0.5) is 0 Å². The van der Waals surface area contributed by atoms with E-state index in [1.165, 1.54) is 21.5 Å². The van der Waals surface area contributed by atoms with Gasteiger partial charge in [0.05, 0.1) is 5.02 Å². The fraction of sp³-hybridized carbons (Fsp3) is 0. The highest BCUT2D eigenvalue weighted by Gasteiger charge is 2.14. The second-order valence-corrected chi connectivity index (χ2v) is 5.95. The van der Waals surface area contributed by atoms with Gasteiger partial charge < -0.3 is 4.42 Å².